The summed E-state index contributed by atoms with van der Waals surface area (Å²) in [5.74, 6) is 0. The van der Waals surface area contributed by atoms with Crippen LogP contribution in [0.15, 0.2) is 0 Å². The lowest BCUT2D eigenvalue weighted by Gasteiger charge is -2.31. The number of quaternary nitrogens is 1. The fourth-order valence-electron chi connectivity index (χ4n) is 5.05. The standard InChI is InChI=1S/C32H68NO4P/c1-5-7-9-11-12-13-14-15-16-17-18-19-20-21-22-23-24-25-26-28-31-36-38(34,35)37-32-30-33(3,4)29-27-10-8-6-2/h5-32H2,1-4H3. The summed E-state index contributed by atoms with van der Waals surface area (Å²) < 4.78 is 22.9. The summed E-state index contributed by atoms with van der Waals surface area (Å²) in [6, 6.07) is 0. The maximum Gasteiger partial charge on any atom is 0.268 e. The van der Waals surface area contributed by atoms with E-state index in [1.807, 2.05) is 0 Å². The van der Waals surface area contributed by atoms with Crippen molar-refractivity contribution in [2.45, 2.75) is 168 Å². The van der Waals surface area contributed by atoms with Gasteiger partial charge in [0.2, 0.25) is 0 Å². The van der Waals surface area contributed by atoms with Crippen LogP contribution in [-0.4, -0.2) is 44.9 Å². The molecule has 0 saturated carbocycles. The number of phosphoric acid groups is 1. The molecule has 5 nitrogen and oxygen atoms in total. The quantitative estimate of drug-likeness (QED) is 0.0480. The van der Waals surface area contributed by atoms with E-state index >= 15 is 0 Å². The summed E-state index contributed by atoms with van der Waals surface area (Å²) in [7, 11) is 0.0904. The zero-order valence-electron chi connectivity index (χ0n) is 26.3. The van der Waals surface area contributed by atoms with Crippen LogP contribution in [0.2, 0.25) is 0 Å². The summed E-state index contributed by atoms with van der Waals surface area (Å²) >= 11 is 0. The molecule has 0 aliphatic heterocycles. The predicted molar refractivity (Wildman–Crippen MR) is 164 cm³/mol. The first-order chi connectivity index (χ1) is 18.3. The van der Waals surface area contributed by atoms with Crippen molar-refractivity contribution in [2.24, 2.45) is 0 Å². The van der Waals surface area contributed by atoms with E-state index in [1.54, 1.807) is 0 Å². The number of likely N-dealkylation sites (N-methyl/N-ethyl adjacent to an activating group) is 1. The van der Waals surface area contributed by atoms with Gasteiger partial charge >= 0.3 is 0 Å². The highest BCUT2D eigenvalue weighted by molar-refractivity contribution is 7.45. The van der Waals surface area contributed by atoms with Crippen LogP contribution in [0.1, 0.15) is 168 Å². The first kappa shape index (κ1) is 38.1. The number of phosphoric ester groups is 1. The van der Waals surface area contributed by atoms with E-state index in [0.29, 0.717) is 6.54 Å². The molecule has 0 aromatic heterocycles. The van der Waals surface area contributed by atoms with Crippen molar-refractivity contribution < 1.29 is 23.0 Å². The minimum absolute atomic E-state index is 0.195. The van der Waals surface area contributed by atoms with Crippen molar-refractivity contribution in [2.75, 3.05) is 40.4 Å². The minimum Gasteiger partial charge on any atom is -0.756 e. The van der Waals surface area contributed by atoms with Crippen molar-refractivity contribution in [3.05, 3.63) is 0 Å². The highest BCUT2D eigenvalue weighted by atomic mass is 31.2. The van der Waals surface area contributed by atoms with E-state index in [9.17, 15) is 9.46 Å². The summed E-state index contributed by atoms with van der Waals surface area (Å²) in [6.45, 7) is 6.67. The van der Waals surface area contributed by atoms with Crippen LogP contribution in [0, 0.1) is 0 Å². The normalized spacial score (nSPS) is 13.7. The maximum absolute atomic E-state index is 12.0. The highest BCUT2D eigenvalue weighted by Gasteiger charge is 2.17. The minimum atomic E-state index is -4.17. The first-order valence-corrected chi connectivity index (χ1v) is 18.2. The lowest BCUT2D eigenvalue weighted by molar-refractivity contribution is -0.890. The van der Waals surface area contributed by atoms with E-state index < -0.39 is 7.82 Å². The van der Waals surface area contributed by atoms with Gasteiger partial charge in [0, 0.05) is 0 Å². The second kappa shape index (κ2) is 27.3. The fraction of sp³-hybridized carbons (Fsp3) is 1.00. The van der Waals surface area contributed by atoms with E-state index in [1.165, 1.54) is 135 Å². The van der Waals surface area contributed by atoms with Gasteiger partial charge in [0.05, 0.1) is 27.2 Å². The molecule has 0 bridgehead atoms. The third-order valence-corrected chi connectivity index (χ3v) is 8.81. The molecular formula is C32H68NO4P. The molecule has 0 heterocycles. The number of rotatable bonds is 31. The van der Waals surface area contributed by atoms with Gasteiger partial charge in [-0.1, -0.05) is 149 Å². The Hall–Kier alpha value is 0.0700. The van der Waals surface area contributed by atoms with Crippen LogP contribution in [0.3, 0.4) is 0 Å². The fourth-order valence-corrected chi connectivity index (χ4v) is 5.78. The van der Waals surface area contributed by atoms with Crippen LogP contribution in [0.4, 0.5) is 0 Å². The van der Waals surface area contributed by atoms with Crippen molar-refractivity contribution in [3.8, 4) is 0 Å². The van der Waals surface area contributed by atoms with E-state index in [0.717, 1.165) is 30.3 Å². The smallest absolute Gasteiger partial charge is 0.268 e. The molecule has 0 radical (unpaired) electrons. The van der Waals surface area contributed by atoms with Crippen molar-refractivity contribution in [1.82, 2.24) is 0 Å². The molecule has 0 aliphatic rings. The molecule has 0 saturated heterocycles. The Labute approximate surface area is 239 Å². The summed E-state index contributed by atoms with van der Waals surface area (Å²) in [4.78, 5) is 12.0. The first-order valence-electron chi connectivity index (χ1n) is 16.7. The van der Waals surface area contributed by atoms with Gasteiger partial charge in [0.25, 0.3) is 7.82 Å². The second-order valence-corrected chi connectivity index (χ2v) is 13.7. The molecule has 1 atom stereocenters. The summed E-state index contributed by atoms with van der Waals surface area (Å²) in [5.41, 5.74) is 0. The van der Waals surface area contributed by atoms with Gasteiger partial charge in [0.1, 0.15) is 13.2 Å². The van der Waals surface area contributed by atoms with Gasteiger partial charge in [-0.15, -0.1) is 0 Å². The topological polar surface area (TPSA) is 58.6 Å². The Balaban J connectivity index is 3.38. The monoisotopic (exact) mass is 561 g/mol. The molecule has 0 rings (SSSR count). The van der Waals surface area contributed by atoms with Crippen LogP contribution in [-0.2, 0) is 13.6 Å². The molecule has 1 unspecified atom stereocenters. The largest absolute Gasteiger partial charge is 0.756 e. The molecule has 0 N–H and O–H groups in total. The second-order valence-electron chi connectivity index (χ2n) is 12.3. The molecular weight excluding hydrogens is 493 g/mol. The van der Waals surface area contributed by atoms with Gasteiger partial charge < -0.3 is 18.4 Å². The Kier molecular flexibility index (Phi) is 27.3. The molecule has 0 spiro atoms. The molecule has 0 aromatic carbocycles. The number of hydrogen-bond acceptors (Lipinski definition) is 4. The molecule has 6 heteroatoms. The molecule has 0 amide bonds. The maximum atomic E-state index is 12.0. The average Bonchev–Trinajstić information content (AvgIpc) is 2.87. The van der Waals surface area contributed by atoms with Crippen molar-refractivity contribution in [1.29, 1.82) is 0 Å². The summed E-state index contributed by atoms with van der Waals surface area (Å²) in [6.07, 6.45) is 31.6. The molecule has 0 fully saturated rings. The molecule has 230 valence electrons. The van der Waals surface area contributed by atoms with Crippen LogP contribution in [0.25, 0.3) is 0 Å². The Morgan fingerprint density at radius 2 is 0.789 bits per heavy atom. The van der Waals surface area contributed by atoms with E-state index in [-0.39, 0.29) is 13.2 Å². The summed E-state index contributed by atoms with van der Waals surface area (Å²) in [5, 5.41) is 0. The lowest BCUT2D eigenvalue weighted by Crippen LogP contribution is -2.43. The SMILES string of the molecule is CCCCCCCCCCCCCCCCCCCCCCOP(=O)([O-])OCC[N+](C)(C)CCCCCC. The Bertz CT molecular complexity index is 530. The van der Waals surface area contributed by atoms with Crippen molar-refractivity contribution >= 4 is 7.82 Å². The third kappa shape index (κ3) is 29.1. The molecule has 0 aromatic rings. The molecule has 38 heavy (non-hydrogen) atoms. The van der Waals surface area contributed by atoms with Gasteiger partial charge in [-0.2, -0.15) is 0 Å². The van der Waals surface area contributed by atoms with Gasteiger partial charge in [-0.05, 0) is 19.3 Å². The third-order valence-electron chi connectivity index (χ3n) is 7.81. The number of hydrogen-bond donors (Lipinski definition) is 0. The van der Waals surface area contributed by atoms with Gasteiger partial charge in [0.15, 0.2) is 0 Å². The van der Waals surface area contributed by atoms with Gasteiger partial charge in [-0.25, -0.2) is 0 Å². The van der Waals surface area contributed by atoms with Crippen LogP contribution < -0.4 is 4.89 Å². The van der Waals surface area contributed by atoms with Crippen LogP contribution in [0.5, 0.6) is 0 Å². The highest BCUT2D eigenvalue weighted by Crippen LogP contribution is 2.38. The Morgan fingerprint density at radius 3 is 1.18 bits per heavy atom. The van der Waals surface area contributed by atoms with E-state index in [2.05, 4.69) is 27.9 Å². The van der Waals surface area contributed by atoms with Gasteiger partial charge in [-0.3, -0.25) is 4.57 Å². The van der Waals surface area contributed by atoms with E-state index in [4.69, 9.17) is 9.05 Å². The Morgan fingerprint density at radius 1 is 0.474 bits per heavy atom. The zero-order chi connectivity index (χ0) is 28.2. The molecule has 0 aliphatic carbocycles. The zero-order valence-corrected chi connectivity index (χ0v) is 27.2. The number of nitrogens with zero attached hydrogens (tertiary/aromatic N) is 1. The van der Waals surface area contributed by atoms with Crippen molar-refractivity contribution in [3.63, 3.8) is 0 Å². The average molecular weight is 562 g/mol. The lowest BCUT2D eigenvalue weighted by atomic mass is 10.0. The predicted octanol–water partition coefficient (Wildman–Crippen LogP) is 9.97. The van der Waals surface area contributed by atoms with Crippen LogP contribution >= 0.6 is 7.82 Å². The number of unbranched alkanes of at least 4 members (excludes halogenated alkanes) is 22.